The van der Waals surface area contributed by atoms with Crippen LogP contribution in [0.3, 0.4) is 0 Å². The maximum absolute atomic E-state index is 12.6. The smallest absolute Gasteiger partial charge is 0.229 e. The molecule has 0 bridgehead atoms. The molecule has 0 radical (unpaired) electrons. The van der Waals surface area contributed by atoms with Gasteiger partial charge in [-0.05, 0) is 18.9 Å². The van der Waals surface area contributed by atoms with E-state index in [1.807, 2.05) is 5.01 Å². The number of nitrogens with one attached hydrogen (secondary N) is 4. The van der Waals surface area contributed by atoms with E-state index in [2.05, 4.69) is 28.3 Å². The number of hydrazine groups is 1. The van der Waals surface area contributed by atoms with Crippen LogP contribution in [0.1, 0.15) is 13.3 Å². The van der Waals surface area contributed by atoms with Gasteiger partial charge in [0.2, 0.25) is 5.91 Å². The standard InChI is InChI=1S/C13H25ClN6O/c1-7-2-3-16-5-9(7)18-13(21)10-11(15)19-20-6-8(14)4-17-12(10)20/h7-12,16-17,19H,2-6,15H2,1H3,(H,18,21). The number of nitrogens with two attached hydrogens (primary N) is 1. The zero-order valence-corrected chi connectivity index (χ0v) is 13.1. The Hall–Kier alpha value is -0.440. The van der Waals surface area contributed by atoms with Gasteiger partial charge in [-0.2, -0.15) is 0 Å². The first-order valence-corrected chi connectivity index (χ1v) is 8.17. The number of hydrogen-bond acceptors (Lipinski definition) is 6. The van der Waals surface area contributed by atoms with Gasteiger partial charge in [-0.3, -0.25) is 10.1 Å². The highest BCUT2D eigenvalue weighted by Crippen LogP contribution is 2.23. The van der Waals surface area contributed by atoms with E-state index in [9.17, 15) is 4.79 Å². The molecule has 3 saturated heterocycles. The van der Waals surface area contributed by atoms with E-state index in [0.717, 1.165) is 19.5 Å². The molecule has 0 aromatic heterocycles. The molecule has 0 aromatic rings. The topological polar surface area (TPSA) is 94.4 Å². The Morgan fingerprint density at radius 2 is 2.24 bits per heavy atom. The number of rotatable bonds is 2. The van der Waals surface area contributed by atoms with E-state index in [1.165, 1.54) is 0 Å². The largest absolute Gasteiger partial charge is 0.351 e. The molecule has 3 aliphatic rings. The van der Waals surface area contributed by atoms with Gasteiger partial charge in [0.1, 0.15) is 0 Å². The fourth-order valence-corrected chi connectivity index (χ4v) is 3.68. The average molecular weight is 317 g/mol. The predicted octanol–water partition coefficient (Wildman–Crippen LogP) is -1.64. The summed E-state index contributed by atoms with van der Waals surface area (Å²) in [5.41, 5.74) is 9.27. The van der Waals surface area contributed by atoms with Crippen LogP contribution < -0.4 is 27.1 Å². The molecule has 0 aliphatic carbocycles. The average Bonchev–Trinajstić information content (AvgIpc) is 2.76. The molecule has 6 atom stereocenters. The van der Waals surface area contributed by atoms with Crippen molar-refractivity contribution in [1.29, 1.82) is 0 Å². The van der Waals surface area contributed by atoms with Crippen LogP contribution in [-0.4, -0.2) is 60.8 Å². The van der Waals surface area contributed by atoms with E-state index in [0.29, 0.717) is 19.0 Å². The number of carbonyl (C=O) groups is 1. The lowest BCUT2D eigenvalue weighted by Gasteiger charge is -2.35. The number of halogens is 1. The number of piperidine rings is 1. The minimum Gasteiger partial charge on any atom is -0.351 e. The second-order valence-corrected chi connectivity index (χ2v) is 6.99. The zero-order chi connectivity index (χ0) is 15.0. The first-order chi connectivity index (χ1) is 10.1. The van der Waals surface area contributed by atoms with Crippen molar-refractivity contribution in [1.82, 2.24) is 26.4 Å². The summed E-state index contributed by atoms with van der Waals surface area (Å²) in [4.78, 5) is 12.6. The van der Waals surface area contributed by atoms with Crippen molar-refractivity contribution in [2.75, 3.05) is 26.2 Å². The fraction of sp³-hybridized carbons (Fsp3) is 0.923. The minimum absolute atomic E-state index is 0.0172. The van der Waals surface area contributed by atoms with Crippen LogP contribution in [0.25, 0.3) is 0 Å². The third-order valence-electron chi connectivity index (χ3n) is 4.78. The molecule has 8 heteroatoms. The van der Waals surface area contributed by atoms with Crippen molar-refractivity contribution in [3.05, 3.63) is 0 Å². The zero-order valence-electron chi connectivity index (χ0n) is 12.3. The van der Waals surface area contributed by atoms with Crippen LogP contribution in [0.4, 0.5) is 0 Å². The molecule has 6 N–H and O–H groups in total. The first kappa shape index (κ1) is 15.5. The predicted molar refractivity (Wildman–Crippen MR) is 81.3 cm³/mol. The molecular weight excluding hydrogens is 292 g/mol. The minimum atomic E-state index is -0.378. The number of alkyl halides is 1. The summed E-state index contributed by atoms with van der Waals surface area (Å²) in [5, 5.41) is 11.8. The first-order valence-electron chi connectivity index (χ1n) is 7.73. The molecular formula is C13H25ClN6O. The Morgan fingerprint density at radius 1 is 1.43 bits per heavy atom. The van der Waals surface area contributed by atoms with Crippen LogP contribution in [-0.2, 0) is 4.79 Å². The Morgan fingerprint density at radius 3 is 3.00 bits per heavy atom. The summed E-state index contributed by atoms with van der Waals surface area (Å²) in [6, 6.07) is 0.178. The third-order valence-corrected chi connectivity index (χ3v) is 5.07. The van der Waals surface area contributed by atoms with Gasteiger partial charge in [-0.1, -0.05) is 6.92 Å². The molecule has 21 heavy (non-hydrogen) atoms. The maximum Gasteiger partial charge on any atom is 0.229 e. The molecule has 6 unspecified atom stereocenters. The lowest BCUT2D eigenvalue weighted by molar-refractivity contribution is -0.127. The Bertz CT molecular complexity index is 397. The number of nitrogens with zero attached hydrogens (tertiary/aromatic N) is 1. The van der Waals surface area contributed by atoms with Gasteiger partial charge in [0.15, 0.2) is 0 Å². The SMILES string of the molecule is CC1CCNCC1NC(=O)C1C(N)NN2CC(Cl)CNC12. The number of amides is 1. The van der Waals surface area contributed by atoms with Crippen molar-refractivity contribution in [2.24, 2.45) is 17.6 Å². The highest BCUT2D eigenvalue weighted by molar-refractivity contribution is 6.21. The van der Waals surface area contributed by atoms with Crippen LogP contribution in [0, 0.1) is 11.8 Å². The summed E-state index contributed by atoms with van der Waals surface area (Å²) < 4.78 is 0. The van der Waals surface area contributed by atoms with E-state index >= 15 is 0 Å². The molecule has 7 nitrogen and oxygen atoms in total. The molecule has 120 valence electrons. The summed E-state index contributed by atoms with van der Waals surface area (Å²) in [7, 11) is 0. The molecule has 3 fully saturated rings. The van der Waals surface area contributed by atoms with Crippen LogP contribution in [0.5, 0.6) is 0 Å². The van der Waals surface area contributed by atoms with Crippen LogP contribution >= 0.6 is 11.6 Å². The van der Waals surface area contributed by atoms with Gasteiger partial charge in [-0.25, -0.2) is 10.4 Å². The normalized spacial score (nSPS) is 44.3. The van der Waals surface area contributed by atoms with Crippen molar-refractivity contribution in [2.45, 2.75) is 37.1 Å². The van der Waals surface area contributed by atoms with Crippen LogP contribution in [0.15, 0.2) is 0 Å². The van der Waals surface area contributed by atoms with Crippen molar-refractivity contribution >= 4 is 17.5 Å². The molecule has 3 aliphatic heterocycles. The van der Waals surface area contributed by atoms with Gasteiger partial charge in [0.25, 0.3) is 0 Å². The van der Waals surface area contributed by atoms with E-state index < -0.39 is 0 Å². The highest BCUT2D eigenvalue weighted by Gasteiger charge is 2.47. The van der Waals surface area contributed by atoms with E-state index in [4.69, 9.17) is 17.3 Å². The van der Waals surface area contributed by atoms with E-state index in [-0.39, 0.29) is 35.6 Å². The molecule has 0 saturated carbocycles. The Balaban J connectivity index is 1.63. The summed E-state index contributed by atoms with van der Waals surface area (Å²) in [6.45, 7) is 5.42. The monoisotopic (exact) mass is 316 g/mol. The summed E-state index contributed by atoms with van der Waals surface area (Å²) in [6.07, 6.45) is 0.625. The van der Waals surface area contributed by atoms with Crippen molar-refractivity contribution in [3.8, 4) is 0 Å². The summed E-state index contributed by atoms with van der Waals surface area (Å²) >= 11 is 6.14. The van der Waals surface area contributed by atoms with E-state index in [1.54, 1.807) is 0 Å². The summed E-state index contributed by atoms with van der Waals surface area (Å²) in [5.74, 6) is 0.204. The Kier molecular flexibility index (Phi) is 4.68. The molecule has 1 amide bonds. The number of carbonyl (C=O) groups excluding carboxylic acids is 1. The Labute approximate surface area is 130 Å². The highest BCUT2D eigenvalue weighted by atomic mass is 35.5. The van der Waals surface area contributed by atoms with Crippen molar-refractivity contribution < 1.29 is 4.79 Å². The van der Waals surface area contributed by atoms with Crippen molar-refractivity contribution in [3.63, 3.8) is 0 Å². The quantitative estimate of drug-likeness (QED) is 0.392. The fourth-order valence-electron chi connectivity index (χ4n) is 3.44. The molecule has 3 heterocycles. The van der Waals surface area contributed by atoms with Gasteiger partial charge >= 0.3 is 0 Å². The van der Waals surface area contributed by atoms with Gasteiger partial charge in [-0.15, -0.1) is 11.6 Å². The molecule has 3 rings (SSSR count). The van der Waals surface area contributed by atoms with Gasteiger partial charge in [0.05, 0.1) is 23.6 Å². The second kappa shape index (κ2) is 6.36. The lowest BCUT2D eigenvalue weighted by atomic mass is 9.93. The lowest BCUT2D eigenvalue weighted by Crippen LogP contribution is -2.60. The number of fused-ring (bicyclic) bond motifs is 1. The van der Waals surface area contributed by atoms with Crippen LogP contribution in [0.2, 0.25) is 0 Å². The van der Waals surface area contributed by atoms with Gasteiger partial charge in [0, 0.05) is 25.7 Å². The maximum atomic E-state index is 12.6. The molecule has 0 spiro atoms. The number of hydrogen-bond donors (Lipinski definition) is 5. The second-order valence-electron chi connectivity index (χ2n) is 6.37. The molecule has 0 aromatic carbocycles. The van der Waals surface area contributed by atoms with Gasteiger partial charge < -0.3 is 16.4 Å². The third kappa shape index (κ3) is 3.18.